The van der Waals surface area contributed by atoms with Gasteiger partial charge in [0.1, 0.15) is 11.5 Å². The Morgan fingerprint density at radius 2 is 1.14 bits per heavy atom. The molecule has 0 amide bonds. The summed E-state index contributed by atoms with van der Waals surface area (Å²) in [5, 5.41) is 0. The van der Waals surface area contributed by atoms with Crippen molar-refractivity contribution in [3.8, 4) is 11.5 Å². The first kappa shape index (κ1) is 15.7. The van der Waals surface area contributed by atoms with Gasteiger partial charge in [-0.05, 0) is 41.6 Å². The third-order valence-electron chi connectivity index (χ3n) is 3.29. The molecule has 4 heteroatoms. The molecule has 2 aromatic rings. The molecule has 0 aliphatic rings. The van der Waals surface area contributed by atoms with Crippen molar-refractivity contribution in [3.63, 3.8) is 0 Å². The summed E-state index contributed by atoms with van der Waals surface area (Å²) in [6.45, 7) is 1.80. The van der Waals surface area contributed by atoms with E-state index < -0.39 is 0 Å². The predicted molar refractivity (Wildman–Crippen MR) is 88.8 cm³/mol. The summed E-state index contributed by atoms with van der Waals surface area (Å²) in [6.07, 6.45) is 2.10. The normalized spacial score (nSPS) is 10.7. The zero-order valence-corrected chi connectivity index (χ0v) is 13.5. The number of rotatable bonds is 7. The van der Waals surface area contributed by atoms with Crippen molar-refractivity contribution in [1.82, 2.24) is 4.31 Å². The zero-order chi connectivity index (χ0) is 15.1. The van der Waals surface area contributed by atoms with Crippen LogP contribution >= 0.6 is 11.9 Å². The smallest absolute Gasteiger partial charge is 0.118 e. The van der Waals surface area contributed by atoms with Gasteiger partial charge in [0.15, 0.2) is 0 Å². The maximum Gasteiger partial charge on any atom is 0.118 e. The van der Waals surface area contributed by atoms with Crippen molar-refractivity contribution >= 4 is 11.9 Å². The van der Waals surface area contributed by atoms with Gasteiger partial charge in [-0.1, -0.05) is 36.2 Å². The van der Waals surface area contributed by atoms with E-state index in [0.717, 1.165) is 24.6 Å². The number of benzene rings is 2. The lowest BCUT2D eigenvalue weighted by atomic mass is 10.2. The molecule has 112 valence electrons. The average Bonchev–Trinajstić information content (AvgIpc) is 2.55. The Morgan fingerprint density at radius 3 is 1.43 bits per heavy atom. The minimum atomic E-state index is 0.893. The van der Waals surface area contributed by atoms with Crippen LogP contribution < -0.4 is 9.47 Å². The molecule has 2 rings (SSSR count). The molecule has 0 N–H and O–H groups in total. The average molecular weight is 303 g/mol. The predicted octanol–water partition coefficient (Wildman–Crippen LogP) is 3.98. The van der Waals surface area contributed by atoms with E-state index in [4.69, 9.17) is 9.47 Å². The lowest BCUT2D eigenvalue weighted by Gasteiger charge is -2.19. The first-order valence-corrected chi connectivity index (χ1v) is 7.98. The molecule has 2 aromatic carbocycles. The molecule has 0 fully saturated rings. The molecule has 3 nitrogen and oxygen atoms in total. The van der Waals surface area contributed by atoms with Crippen LogP contribution in [0.2, 0.25) is 0 Å². The lowest BCUT2D eigenvalue weighted by molar-refractivity contribution is 0.413. The van der Waals surface area contributed by atoms with Gasteiger partial charge in [-0.3, -0.25) is 0 Å². The molecular weight excluding hydrogens is 282 g/mol. The fourth-order valence-electron chi connectivity index (χ4n) is 2.05. The molecule has 0 bridgehead atoms. The van der Waals surface area contributed by atoms with Gasteiger partial charge in [-0.25, -0.2) is 4.31 Å². The third kappa shape index (κ3) is 4.69. The molecule has 0 aliphatic heterocycles. The highest BCUT2D eigenvalue weighted by Gasteiger charge is 2.06. The molecule has 0 unspecified atom stereocenters. The van der Waals surface area contributed by atoms with Gasteiger partial charge in [0, 0.05) is 13.1 Å². The van der Waals surface area contributed by atoms with Gasteiger partial charge in [0.2, 0.25) is 0 Å². The Morgan fingerprint density at radius 1 is 0.762 bits per heavy atom. The Hall–Kier alpha value is -1.65. The summed E-state index contributed by atoms with van der Waals surface area (Å²) in [4.78, 5) is 0. The number of hydrogen-bond acceptors (Lipinski definition) is 4. The van der Waals surface area contributed by atoms with Crippen LogP contribution in [0.15, 0.2) is 48.5 Å². The summed E-state index contributed by atoms with van der Waals surface area (Å²) in [6, 6.07) is 16.4. The van der Waals surface area contributed by atoms with Crippen LogP contribution in [0, 0.1) is 0 Å². The topological polar surface area (TPSA) is 21.7 Å². The molecule has 0 atom stereocenters. The van der Waals surface area contributed by atoms with Crippen LogP contribution in [0.5, 0.6) is 11.5 Å². The van der Waals surface area contributed by atoms with E-state index in [2.05, 4.69) is 34.8 Å². The van der Waals surface area contributed by atoms with Crippen LogP contribution in [0.4, 0.5) is 0 Å². The van der Waals surface area contributed by atoms with Crippen molar-refractivity contribution in [2.45, 2.75) is 13.1 Å². The molecule has 0 saturated heterocycles. The van der Waals surface area contributed by atoms with E-state index in [-0.39, 0.29) is 0 Å². The van der Waals surface area contributed by atoms with Crippen LogP contribution in [-0.4, -0.2) is 24.8 Å². The highest BCUT2D eigenvalue weighted by atomic mass is 32.2. The SMILES string of the molecule is COc1ccc(CN(Cc2ccc(OC)cc2)SC)cc1. The second-order valence-electron chi connectivity index (χ2n) is 4.68. The summed E-state index contributed by atoms with van der Waals surface area (Å²) < 4.78 is 12.7. The highest BCUT2D eigenvalue weighted by Crippen LogP contribution is 2.20. The fourth-order valence-corrected chi connectivity index (χ4v) is 2.61. The van der Waals surface area contributed by atoms with E-state index in [9.17, 15) is 0 Å². The van der Waals surface area contributed by atoms with Crippen molar-refractivity contribution in [3.05, 3.63) is 59.7 Å². The second-order valence-corrected chi connectivity index (χ2v) is 5.56. The molecule has 0 heterocycles. The number of ether oxygens (including phenoxy) is 2. The molecule has 0 spiro atoms. The molecule has 0 aliphatic carbocycles. The van der Waals surface area contributed by atoms with Crippen LogP contribution in [0.1, 0.15) is 11.1 Å². The maximum atomic E-state index is 5.19. The maximum absolute atomic E-state index is 5.19. The molecule has 21 heavy (non-hydrogen) atoms. The third-order valence-corrected chi connectivity index (χ3v) is 4.07. The van der Waals surface area contributed by atoms with E-state index in [1.54, 1.807) is 26.2 Å². The Balaban J connectivity index is 1.98. The monoisotopic (exact) mass is 303 g/mol. The first-order chi connectivity index (χ1) is 10.2. The van der Waals surface area contributed by atoms with Gasteiger partial charge < -0.3 is 9.47 Å². The Kier molecular flexibility index (Phi) is 5.96. The second kappa shape index (κ2) is 7.96. The van der Waals surface area contributed by atoms with E-state index in [1.165, 1.54) is 11.1 Å². The summed E-state index contributed by atoms with van der Waals surface area (Å²) in [7, 11) is 3.37. The quantitative estimate of drug-likeness (QED) is 0.721. The van der Waals surface area contributed by atoms with E-state index in [0.29, 0.717) is 0 Å². The minimum absolute atomic E-state index is 0.893. The van der Waals surface area contributed by atoms with Gasteiger partial charge in [0.05, 0.1) is 14.2 Å². The van der Waals surface area contributed by atoms with Crippen molar-refractivity contribution < 1.29 is 9.47 Å². The molecule has 0 aromatic heterocycles. The van der Waals surface area contributed by atoms with Crippen molar-refractivity contribution in [2.24, 2.45) is 0 Å². The van der Waals surface area contributed by atoms with Gasteiger partial charge in [-0.2, -0.15) is 0 Å². The van der Waals surface area contributed by atoms with Crippen molar-refractivity contribution in [2.75, 3.05) is 20.5 Å². The number of hydrogen-bond donors (Lipinski definition) is 0. The van der Waals surface area contributed by atoms with E-state index >= 15 is 0 Å². The molecular formula is C17H21NO2S. The van der Waals surface area contributed by atoms with E-state index in [1.807, 2.05) is 24.3 Å². The summed E-state index contributed by atoms with van der Waals surface area (Å²) >= 11 is 1.75. The minimum Gasteiger partial charge on any atom is -0.497 e. The summed E-state index contributed by atoms with van der Waals surface area (Å²) in [5.74, 6) is 1.79. The largest absolute Gasteiger partial charge is 0.497 e. The zero-order valence-electron chi connectivity index (χ0n) is 12.7. The van der Waals surface area contributed by atoms with Crippen LogP contribution in [0.3, 0.4) is 0 Å². The number of nitrogens with zero attached hydrogens (tertiary/aromatic N) is 1. The Bertz CT molecular complexity index is 490. The number of methoxy groups -OCH3 is 2. The molecule has 0 saturated carbocycles. The standard InChI is InChI=1S/C17H21NO2S/c1-19-16-8-4-14(5-9-16)12-18(21-3)13-15-6-10-17(20-2)11-7-15/h4-11H,12-13H2,1-3H3. The van der Waals surface area contributed by atoms with Gasteiger partial charge >= 0.3 is 0 Å². The van der Waals surface area contributed by atoms with Crippen LogP contribution in [0.25, 0.3) is 0 Å². The van der Waals surface area contributed by atoms with Crippen molar-refractivity contribution in [1.29, 1.82) is 0 Å². The first-order valence-electron chi connectivity index (χ1n) is 6.80. The Labute approximate surface area is 131 Å². The highest BCUT2D eigenvalue weighted by molar-refractivity contribution is 7.96. The lowest BCUT2D eigenvalue weighted by Crippen LogP contribution is -2.14. The molecule has 0 radical (unpaired) electrons. The van der Waals surface area contributed by atoms with Gasteiger partial charge in [-0.15, -0.1) is 0 Å². The van der Waals surface area contributed by atoms with Gasteiger partial charge in [0.25, 0.3) is 0 Å². The summed E-state index contributed by atoms with van der Waals surface area (Å²) in [5.41, 5.74) is 2.55. The van der Waals surface area contributed by atoms with Crippen LogP contribution in [-0.2, 0) is 13.1 Å². The fraction of sp³-hybridized carbons (Fsp3) is 0.294.